The first kappa shape index (κ1) is 13.8. The Balaban J connectivity index is 1.92. The molecule has 2 rings (SSSR count). The van der Waals surface area contributed by atoms with Crippen LogP contribution in [0.2, 0.25) is 0 Å². The van der Waals surface area contributed by atoms with E-state index in [1.165, 1.54) is 0 Å². The Bertz CT molecular complexity index is 435. The van der Waals surface area contributed by atoms with Gasteiger partial charge in [0.15, 0.2) is 0 Å². The van der Waals surface area contributed by atoms with Gasteiger partial charge in [-0.3, -0.25) is 9.78 Å². The van der Waals surface area contributed by atoms with Gasteiger partial charge in [-0.15, -0.1) is 0 Å². The number of hydrogen-bond acceptors (Lipinski definition) is 4. The van der Waals surface area contributed by atoms with Crippen molar-refractivity contribution in [3.05, 3.63) is 24.0 Å². The fourth-order valence-corrected chi connectivity index (χ4v) is 2.45. The van der Waals surface area contributed by atoms with Crippen molar-refractivity contribution in [3.8, 4) is 0 Å². The fraction of sp³-hybridized carbons (Fsp3) is 0.571. The molecule has 19 heavy (non-hydrogen) atoms. The first-order valence-electron chi connectivity index (χ1n) is 6.85. The summed E-state index contributed by atoms with van der Waals surface area (Å²) in [5, 5.41) is 6.19. The van der Waals surface area contributed by atoms with Crippen LogP contribution in [0, 0.1) is 5.92 Å². The van der Waals surface area contributed by atoms with Gasteiger partial charge in [-0.1, -0.05) is 0 Å². The van der Waals surface area contributed by atoms with E-state index in [2.05, 4.69) is 27.6 Å². The van der Waals surface area contributed by atoms with Crippen LogP contribution in [-0.4, -0.2) is 49.0 Å². The number of nitrogens with zero attached hydrogens (tertiary/aromatic N) is 2. The molecule has 1 atom stereocenters. The Morgan fingerprint density at radius 1 is 1.58 bits per heavy atom. The van der Waals surface area contributed by atoms with Crippen LogP contribution in [0.3, 0.4) is 0 Å². The second-order valence-corrected chi connectivity index (χ2v) is 5.08. The van der Waals surface area contributed by atoms with Gasteiger partial charge >= 0.3 is 0 Å². The smallest absolute Gasteiger partial charge is 0.253 e. The molecule has 1 amide bonds. The van der Waals surface area contributed by atoms with Crippen LogP contribution in [0.1, 0.15) is 23.7 Å². The maximum Gasteiger partial charge on any atom is 0.253 e. The fourth-order valence-electron chi connectivity index (χ4n) is 2.45. The highest BCUT2D eigenvalue weighted by atomic mass is 16.1. The third-order valence-corrected chi connectivity index (χ3v) is 3.47. The molecule has 5 nitrogen and oxygen atoms in total. The number of amides is 1. The SMILES string of the molecule is CCNc1cnccc1C(=O)NCC1CCN(C)C1. The van der Waals surface area contributed by atoms with E-state index >= 15 is 0 Å². The van der Waals surface area contributed by atoms with Crippen LogP contribution in [0.5, 0.6) is 0 Å². The summed E-state index contributed by atoms with van der Waals surface area (Å²) in [6.07, 6.45) is 4.51. The molecule has 0 aromatic carbocycles. The van der Waals surface area contributed by atoms with Crippen molar-refractivity contribution >= 4 is 11.6 Å². The van der Waals surface area contributed by atoms with Crippen LogP contribution >= 0.6 is 0 Å². The summed E-state index contributed by atoms with van der Waals surface area (Å²) in [7, 11) is 2.12. The highest BCUT2D eigenvalue weighted by Gasteiger charge is 2.20. The lowest BCUT2D eigenvalue weighted by Crippen LogP contribution is -2.31. The van der Waals surface area contributed by atoms with Gasteiger partial charge in [0.2, 0.25) is 0 Å². The van der Waals surface area contributed by atoms with E-state index in [9.17, 15) is 4.79 Å². The predicted octanol–water partition coefficient (Wildman–Crippen LogP) is 1.19. The van der Waals surface area contributed by atoms with E-state index in [-0.39, 0.29) is 5.91 Å². The largest absolute Gasteiger partial charge is 0.383 e. The highest BCUT2D eigenvalue weighted by Crippen LogP contribution is 2.15. The number of anilines is 1. The first-order chi connectivity index (χ1) is 9.20. The zero-order valence-corrected chi connectivity index (χ0v) is 11.6. The highest BCUT2D eigenvalue weighted by molar-refractivity contribution is 5.99. The maximum absolute atomic E-state index is 12.2. The number of carbonyl (C=O) groups is 1. The van der Waals surface area contributed by atoms with E-state index in [4.69, 9.17) is 0 Å². The normalized spacial score (nSPS) is 19.4. The number of pyridine rings is 1. The molecule has 2 heterocycles. The minimum Gasteiger partial charge on any atom is -0.383 e. The molecule has 1 aromatic heterocycles. The Morgan fingerprint density at radius 3 is 3.11 bits per heavy atom. The van der Waals surface area contributed by atoms with Crippen LogP contribution in [0.15, 0.2) is 18.5 Å². The Hall–Kier alpha value is -1.62. The molecule has 1 aromatic rings. The van der Waals surface area contributed by atoms with Crippen LogP contribution < -0.4 is 10.6 Å². The standard InChI is InChI=1S/C14H22N4O/c1-3-16-13-9-15-6-4-12(13)14(19)17-8-11-5-7-18(2)10-11/h4,6,9,11,16H,3,5,7-8,10H2,1-2H3,(H,17,19). The first-order valence-corrected chi connectivity index (χ1v) is 6.85. The Labute approximate surface area is 114 Å². The number of carbonyl (C=O) groups excluding carboxylic acids is 1. The van der Waals surface area contributed by atoms with E-state index < -0.39 is 0 Å². The third-order valence-electron chi connectivity index (χ3n) is 3.47. The summed E-state index contributed by atoms with van der Waals surface area (Å²) in [5.41, 5.74) is 1.47. The molecule has 1 aliphatic rings. The van der Waals surface area contributed by atoms with Crippen molar-refractivity contribution in [3.63, 3.8) is 0 Å². The summed E-state index contributed by atoms with van der Waals surface area (Å²) in [6.45, 7) is 5.72. The zero-order chi connectivity index (χ0) is 13.7. The van der Waals surface area contributed by atoms with Crippen LogP contribution in [0.25, 0.3) is 0 Å². The van der Waals surface area contributed by atoms with Crippen molar-refractivity contribution in [2.24, 2.45) is 5.92 Å². The molecular weight excluding hydrogens is 240 g/mol. The van der Waals surface area contributed by atoms with Gasteiger partial charge < -0.3 is 15.5 Å². The molecule has 0 radical (unpaired) electrons. The van der Waals surface area contributed by atoms with Crippen molar-refractivity contribution in [2.75, 3.05) is 38.5 Å². The van der Waals surface area contributed by atoms with Gasteiger partial charge in [-0.2, -0.15) is 0 Å². The van der Waals surface area contributed by atoms with E-state index in [1.807, 2.05) is 6.92 Å². The number of rotatable bonds is 5. The monoisotopic (exact) mass is 262 g/mol. The van der Waals surface area contributed by atoms with Gasteiger partial charge in [0.25, 0.3) is 5.91 Å². The second kappa shape index (κ2) is 6.52. The van der Waals surface area contributed by atoms with Gasteiger partial charge in [-0.25, -0.2) is 0 Å². The Kier molecular flexibility index (Phi) is 4.74. The van der Waals surface area contributed by atoms with Gasteiger partial charge in [0, 0.05) is 25.8 Å². The lowest BCUT2D eigenvalue weighted by Gasteiger charge is -2.13. The van der Waals surface area contributed by atoms with Gasteiger partial charge in [-0.05, 0) is 38.9 Å². The maximum atomic E-state index is 12.2. The second-order valence-electron chi connectivity index (χ2n) is 5.08. The molecule has 1 aliphatic heterocycles. The molecule has 0 saturated carbocycles. The van der Waals surface area contributed by atoms with Gasteiger partial charge in [0.1, 0.15) is 0 Å². The average molecular weight is 262 g/mol. The summed E-state index contributed by atoms with van der Waals surface area (Å²) < 4.78 is 0. The van der Waals surface area contributed by atoms with Crippen molar-refractivity contribution in [1.29, 1.82) is 0 Å². The van der Waals surface area contributed by atoms with Crippen molar-refractivity contribution in [1.82, 2.24) is 15.2 Å². The molecule has 0 aliphatic carbocycles. The third kappa shape index (κ3) is 3.67. The minimum atomic E-state index is -0.0205. The van der Waals surface area contributed by atoms with Crippen molar-refractivity contribution in [2.45, 2.75) is 13.3 Å². The van der Waals surface area contributed by atoms with E-state index in [0.717, 1.165) is 38.3 Å². The topological polar surface area (TPSA) is 57.3 Å². The molecule has 0 bridgehead atoms. The average Bonchev–Trinajstić information content (AvgIpc) is 2.83. The summed E-state index contributed by atoms with van der Waals surface area (Å²) in [6, 6.07) is 1.76. The number of likely N-dealkylation sites (tertiary alicyclic amines) is 1. The number of hydrogen-bond donors (Lipinski definition) is 2. The number of nitrogens with one attached hydrogen (secondary N) is 2. The van der Waals surface area contributed by atoms with Crippen molar-refractivity contribution < 1.29 is 4.79 Å². The summed E-state index contributed by atoms with van der Waals surface area (Å²) in [4.78, 5) is 18.5. The molecule has 2 N–H and O–H groups in total. The van der Waals surface area contributed by atoms with E-state index in [1.54, 1.807) is 18.5 Å². The summed E-state index contributed by atoms with van der Waals surface area (Å²) in [5.74, 6) is 0.547. The molecule has 0 spiro atoms. The molecular formula is C14H22N4O. The molecule has 104 valence electrons. The summed E-state index contributed by atoms with van der Waals surface area (Å²) >= 11 is 0. The van der Waals surface area contributed by atoms with Gasteiger partial charge in [0.05, 0.1) is 17.4 Å². The quantitative estimate of drug-likeness (QED) is 0.837. The Morgan fingerprint density at radius 2 is 2.42 bits per heavy atom. The molecule has 5 heteroatoms. The van der Waals surface area contributed by atoms with E-state index in [0.29, 0.717) is 11.5 Å². The minimum absolute atomic E-state index is 0.0205. The lowest BCUT2D eigenvalue weighted by atomic mass is 10.1. The lowest BCUT2D eigenvalue weighted by molar-refractivity contribution is 0.0948. The van der Waals surface area contributed by atoms with Crippen LogP contribution in [-0.2, 0) is 0 Å². The van der Waals surface area contributed by atoms with Crippen LogP contribution in [0.4, 0.5) is 5.69 Å². The molecule has 1 fully saturated rings. The predicted molar refractivity (Wildman–Crippen MR) is 76.3 cm³/mol. The molecule has 1 unspecified atom stereocenters. The zero-order valence-electron chi connectivity index (χ0n) is 11.6. The molecule has 1 saturated heterocycles. The number of aromatic nitrogens is 1.